The van der Waals surface area contributed by atoms with Crippen LogP contribution in [-0.4, -0.2) is 4.98 Å². The third-order valence-electron chi connectivity index (χ3n) is 3.67. The zero-order chi connectivity index (χ0) is 14.9. The van der Waals surface area contributed by atoms with Crippen molar-refractivity contribution in [2.24, 2.45) is 0 Å². The van der Waals surface area contributed by atoms with Crippen LogP contribution in [0.15, 0.2) is 72.1 Å². The zero-order valence-corrected chi connectivity index (χ0v) is 13.2. The molecule has 0 fully saturated rings. The summed E-state index contributed by atoms with van der Waals surface area (Å²) < 4.78 is 0. The van der Waals surface area contributed by atoms with Gasteiger partial charge in [0.1, 0.15) is 5.01 Å². The molecule has 3 heteroatoms. The number of rotatable bonds is 2. The Hall–Kier alpha value is -2.16. The fourth-order valence-corrected chi connectivity index (χ4v) is 3.65. The molecule has 0 amide bonds. The minimum absolute atomic E-state index is 0.776. The topological polar surface area (TPSA) is 12.9 Å². The number of nitrogens with zero attached hydrogens (tertiary/aromatic N) is 1. The van der Waals surface area contributed by atoms with Gasteiger partial charge in [-0.25, -0.2) is 4.98 Å². The number of hydrogen-bond donors (Lipinski definition) is 0. The van der Waals surface area contributed by atoms with Gasteiger partial charge in [-0.1, -0.05) is 72.3 Å². The Morgan fingerprint density at radius 1 is 0.773 bits per heavy atom. The van der Waals surface area contributed by atoms with Crippen LogP contribution < -0.4 is 0 Å². The summed E-state index contributed by atoms with van der Waals surface area (Å²) in [5.41, 5.74) is 3.27. The van der Waals surface area contributed by atoms with Gasteiger partial charge < -0.3 is 0 Å². The van der Waals surface area contributed by atoms with Gasteiger partial charge >= 0.3 is 0 Å². The maximum Gasteiger partial charge on any atom is 0.124 e. The number of aromatic nitrogens is 1. The molecule has 22 heavy (non-hydrogen) atoms. The van der Waals surface area contributed by atoms with E-state index in [4.69, 9.17) is 16.6 Å². The summed E-state index contributed by atoms with van der Waals surface area (Å²) in [6.45, 7) is 0. The molecule has 106 valence electrons. The molecule has 0 aliphatic carbocycles. The molecule has 0 unspecified atom stereocenters. The molecule has 4 rings (SSSR count). The quantitative estimate of drug-likeness (QED) is 0.423. The normalized spacial score (nSPS) is 11.0. The Bertz CT molecular complexity index is 944. The first-order chi connectivity index (χ1) is 10.8. The van der Waals surface area contributed by atoms with Crippen LogP contribution in [0.25, 0.3) is 32.6 Å². The first kappa shape index (κ1) is 13.5. The SMILES string of the molecule is Clc1ccc(-c2csc(-c3ccccc3)n2)c2ccccc12. The number of hydrogen-bond acceptors (Lipinski definition) is 2. The van der Waals surface area contributed by atoms with Crippen LogP contribution in [-0.2, 0) is 0 Å². The summed E-state index contributed by atoms with van der Waals surface area (Å²) in [5.74, 6) is 0. The zero-order valence-electron chi connectivity index (χ0n) is 11.7. The molecule has 0 atom stereocenters. The highest BCUT2D eigenvalue weighted by Gasteiger charge is 2.10. The third-order valence-corrected chi connectivity index (χ3v) is 4.89. The van der Waals surface area contributed by atoms with Crippen LogP contribution in [0.1, 0.15) is 0 Å². The molecule has 0 aliphatic heterocycles. The molecule has 0 bridgehead atoms. The second-order valence-corrected chi connectivity index (χ2v) is 6.31. The van der Waals surface area contributed by atoms with Gasteiger partial charge in [0.25, 0.3) is 0 Å². The van der Waals surface area contributed by atoms with Gasteiger partial charge in [-0.05, 0) is 11.5 Å². The lowest BCUT2D eigenvalue weighted by molar-refractivity contribution is 1.41. The molecule has 3 aromatic carbocycles. The average Bonchev–Trinajstić information content (AvgIpc) is 3.06. The van der Waals surface area contributed by atoms with Crippen molar-refractivity contribution in [3.63, 3.8) is 0 Å². The molecule has 0 spiro atoms. The number of halogens is 1. The van der Waals surface area contributed by atoms with Gasteiger partial charge in [-0.2, -0.15) is 0 Å². The minimum Gasteiger partial charge on any atom is -0.236 e. The lowest BCUT2D eigenvalue weighted by atomic mass is 10.0. The second kappa shape index (κ2) is 5.56. The average molecular weight is 322 g/mol. The maximum absolute atomic E-state index is 6.30. The summed E-state index contributed by atoms with van der Waals surface area (Å²) in [5, 5.41) is 6.13. The smallest absolute Gasteiger partial charge is 0.124 e. The second-order valence-electron chi connectivity index (χ2n) is 5.04. The van der Waals surface area contributed by atoms with E-state index in [1.165, 1.54) is 0 Å². The highest BCUT2D eigenvalue weighted by molar-refractivity contribution is 7.13. The maximum atomic E-state index is 6.30. The van der Waals surface area contributed by atoms with Crippen LogP contribution in [0.5, 0.6) is 0 Å². The van der Waals surface area contributed by atoms with Gasteiger partial charge in [0.2, 0.25) is 0 Å². The summed E-state index contributed by atoms with van der Waals surface area (Å²) >= 11 is 7.97. The monoisotopic (exact) mass is 321 g/mol. The minimum atomic E-state index is 0.776. The Morgan fingerprint density at radius 3 is 2.32 bits per heavy atom. The molecule has 0 saturated heterocycles. The molecule has 4 aromatic rings. The van der Waals surface area contributed by atoms with Crippen LogP contribution in [0.3, 0.4) is 0 Å². The van der Waals surface area contributed by atoms with Crippen molar-refractivity contribution in [3.8, 4) is 21.8 Å². The molecule has 0 N–H and O–H groups in total. The number of fused-ring (bicyclic) bond motifs is 1. The molecule has 0 saturated carbocycles. The first-order valence-electron chi connectivity index (χ1n) is 7.01. The summed E-state index contributed by atoms with van der Waals surface area (Å²) in [6.07, 6.45) is 0. The molecule has 1 heterocycles. The van der Waals surface area contributed by atoms with Crippen molar-refractivity contribution in [3.05, 3.63) is 77.1 Å². The van der Waals surface area contributed by atoms with E-state index in [1.807, 2.05) is 42.5 Å². The fourth-order valence-electron chi connectivity index (χ4n) is 2.60. The van der Waals surface area contributed by atoms with E-state index in [2.05, 4.69) is 29.6 Å². The van der Waals surface area contributed by atoms with Crippen LogP contribution in [0.2, 0.25) is 5.02 Å². The van der Waals surface area contributed by atoms with Crippen LogP contribution >= 0.6 is 22.9 Å². The fraction of sp³-hybridized carbons (Fsp3) is 0. The third kappa shape index (κ3) is 2.31. The van der Waals surface area contributed by atoms with E-state index in [0.717, 1.165) is 37.6 Å². The summed E-state index contributed by atoms with van der Waals surface area (Å²) in [6, 6.07) is 22.4. The Morgan fingerprint density at radius 2 is 1.50 bits per heavy atom. The molecule has 0 aliphatic rings. The van der Waals surface area contributed by atoms with Gasteiger partial charge in [0.05, 0.1) is 5.69 Å². The molecule has 1 nitrogen and oxygen atoms in total. The van der Waals surface area contributed by atoms with Crippen molar-refractivity contribution >= 4 is 33.7 Å². The molecular weight excluding hydrogens is 310 g/mol. The first-order valence-corrected chi connectivity index (χ1v) is 8.27. The molecule has 0 radical (unpaired) electrons. The summed E-state index contributed by atoms with van der Waals surface area (Å²) in [4.78, 5) is 4.81. The standard InChI is InChI=1S/C19H12ClNS/c20-17-11-10-16(14-8-4-5-9-15(14)17)18-12-22-19(21-18)13-6-2-1-3-7-13/h1-12H. The van der Waals surface area contributed by atoms with Crippen LogP contribution in [0.4, 0.5) is 0 Å². The van der Waals surface area contributed by atoms with Gasteiger partial charge in [0.15, 0.2) is 0 Å². The van der Waals surface area contributed by atoms with Crippen LogP contribution in [0, 0.1) is 0 Å². The lowest BCUT2D eigenvalue weighted by Crippen LogP contribution is -1.83. The largest absolute Gasteiger partial charge is 0.236 e. The van der Waals surface area contributed by atoms with E-state index >= 15 is 0 Å². The van der Waals surface area contributed by atoms with E-state index < -0.39 is 0 Å². The molecular formula is C19H12ClNS. The van der Waals surface area contributed by atoms with Gasteiger partial charge in [-0.3, -0.25) is 0 Å². The predicted octanol–water partition coefficient (Wildman–Crippen LogP) is 6.28. The highest BCUT2D eigenvalue weighted by Crippen LogP contribution is 2.35. The number of benzene rings is 3. The van der Waals surface area contributed by atoms with Crippen molar-refractivity contribution in [1.29, 1.82) is 0 Å². The Labute approximate surface area is 137 Å². The van der Waals surface area contributed by atoms with E-state index in [9.17, 15) is 0 Å². The Kier molecular flexibility index (Phi) is 3.41. The Balaban J connectivity index is 1.87. The van der Waals surface area contributed by atoms with Crippen molar-refractivity contribution in [1.82, 2.24) is 4.98 Å². The van der Waals surface area contributed by atoms with Crippen molar-refractivity contribution < 1.29 is 0 Å². The van der Waals surface area contributed by atoms with E-state index in [1.54, 1.807) is 11.3 Å². The van der Waals surface area contributed by atoms with Crippen molar-refractivity contribution in [2.45, 2.75) is 0 Å². The lowest BCUT2D eigenvalue weighted by Gasteiger charge is -2.05. The predicted molar refractivity (Wildman–Crippen MR) is 95.5 cm³/mol. The molecule has 1 aromatic heterocycles. The highest BCUT2D eigenvalue weighted by atomic mass is 35.5. The van der Waals surface area contributed by atoms with Gasteiger partial charge in [-0.15, -0.1) is 11.3 Å². The number of thiazole rings is 1. The van der Waals surface area contributed by atoms with Gasteiger partial charge in [0, 0.05) is 26.9 Å². The van der Waals surface area contributed by atoms with E-state index in [0.29, 0.717) is 0 Å². The van der Waals surface area contributed by atoms with E-state index in [-0.39, 0.29) is 0 Å². The van der Waals surface area contributed by atoms with Crippen molar-refractivity contribution in [2.75, 3.05) is 0 Å². The summed E-state index contributed by atoms with van der Waals surface area (Å²) in [7, 11) is 0.